The predicted molar refractivity (Wildman–Crippen MR) is 69.8 cm³/mol. The Morgan fingerprint density at radius 1 is 1.39 bits per heavy atom. The van der Waals surface area contributed by atoms with Crippen molar-refractivity contribution in [3.8, 4) is 5.75 Å². The molecular formula is C12H18NO4P. The van der Waals surface area contributed by atoms with Crippen LogP contribution < -0.4 is 9.61 Å². The number of Topliss-reactive ketones (excluding diaryl/α,β-unsaturated/α-hetero) is 1. The number of ketones is 1. The maximum Gasteiger partial charge on any atom is 0.342 e. The maximum atomic E-state index is 12.5. The van der Waals surface area contributed by atoms with E-state index in [1.165, 1.54) is 14.0 Å². The van der Waals surface area contributed by atoms with Gasteiger partial charge in [0, 0.05) is 7.11 Å². The van der Waals surface area contributed by atoms with Crippen LogP contribution in [0, 0.1) is 0 Å². The lowest BCUT2D eigenvalue weighted by Gasteiger charge is -2.22. The van der Waals surface area contributed by atoms with Crippen molar-refractivity contribution >= 4 is 13.3 Å². The van der Waals surface area contributed by atoms with E-state index in [9.17, 15) is 9.36 Å². The fourth-order valence-electron chi connectivity index (χ4n) is 1.30. The van der Waals surface area contributed by atoms with Crippen LogP contribution in [-0.4, -0.2) is 25.3 Å². The van der Waals surface area contributed by atoms with E-state index in [0.29, 0.717) is 5.75 Å². The van der Waals surface area contributed by atoms with Crippen molar-refractivity contribution in [3.63, 3.8) is 0 Å². The molecule has 1 N–H and O–H groups in total. The van der Waals surface area contributed by atoms with E-state index in [4.69, 9.17) is 9.26 Å². The third-order valence-corrected chi connectivity index (χ3v) is 4.18. The second-order valence-electron chi connectivity index (χ2n) is 3.96. The first-order valence-corrected chi connectivity index (χ1v) is 7.39. The molecule has 0 amide bonds. The molecule has 0 aromatic heterocycles. The van der Waals surface area contributed by atoms with Crippen molar-refractivity contribution in [3.05, 3.63) is 30.3 Å². The van der Waals surface area contributed by atoms with Crippen LogP contribution >= 0.6 is 7.52 Å². The van der Waals surface area contributed by atoms with Gasteiger partial charge in [-0.05, 0) is 26.0 Å². The van der Waals surface area contributed by atoms with E-state index in [2.05, 4.69) is 5.09 Å². The van der Waals surface area contributed by atoms with Crippen molar-refractivity contribution in [2.75, 3.05) is 13.5 Å². The molecule has 0 spiro atoms. The normalized spacial score (nSPS) is 15.7. The standard InChI is InChI=1S/C12H18NO4P/c1-10(11(2)14)13-18(15,9-16-3)17-12-7-5-4-6-8-12/h4-8,10H,9H2,1-3H3,(H,13,15)/t10-,18?/m0/s1. The lowest BCUT2D eigenvalue weighted by molar-refractivity contribution is -0.118. The molecule has 1 unspecified atom stereocenters. The van der Waals surface area contributed by atoms with Crippen molar-refractivity contribution in [1.82, 2.24) is 5.09 Å². The molecule has 0 aliphatic carbocycles. The third-order valence-electron chi connectivity index (χ3n) is 2.30. The molecule has 0 fully saturated rings. The van der Waals surface area contributed by atoms with Gasteiger partial charge in [0.1, 0.15) is 17.9 Å². The minimum Gasteiger partial charge on any atom is -0.431 e. The Kier molecular flexibility index (Phi) is 5.54. The van der Waals surface area contributed by atoms with Gasteiger partial charge in [-0.3, -0.25) is 9.36 Å². The molecule has 2 atom stereocenters. The highest BCUT2D eigenvalue weighted by molar-refractivity contribution is 7.57. The highest BCUT2D eigenvalue weighted by atomic mass is 31.2. The van der Waals surface area contributed by atoms with Crippen molar-refractivity contribution < 1.29 is 18.6 Å². The number of nitrogens with one attached hydrogen (secondary N) is 1. The van der Waals surface area contributed by atoms with Crippen LogP contribution in [0.15, 0.2) is 30.3 Å². The molecule has 100 valence electrons. The molecule has 0 radical (unpaired) electrons. The number of para-hydroxylation sites is 1. The Bertz CT molecular complexity index is 435. The fraction of sp³-hybridized carbons (Fsp3) is 0.417. The minimum atomic E-state index is -3.24. The number of hydrogen-bond acceptors (Lipinski definition) is 4. The zero-order chi connectivity index (χ0) is 13.6. The van der Waals surface area contributed by atoms with Crippen LogP contribution in [0.4, 0.5) is 0 Å². The van der Waals surface area contributed by atoms with Gasteiger partial charge in [-0.25, -0.2) is 5.09 Å². The van der Waals surface area contributed by atoms with E-state index in [1.54, 1.807) is 31.2 Å². The quantitative estimate of drug-likeness (QED) is 0.771. The topological polar surface area (TPSA) is 64.6 Å². The third kappa shape index (κ3) is 4.61. The maximum absolute atomic E-state index is 12.5. The van der Waals surface area contributed by atoms with Crippen LogP contribution in [0.5, 0.6) is 5.75 Å². The number of carbonyl (C=O) groups is 1. The molecule has 0 saturated heterocycles. The molecule has 1 aromatic rings. The Hall–Kier alpha value is -1.16. The smallest absolute Gasteiger partial charge is 0.342 e. The summed E-state index contributed by atoms with van der Waals surface area (Å²) in [6, 6.07) is 8.24. The monoisotopic (exact) mass is 271 g/mol. The Balaban J connectivity index is 2.80. The highest BCUT2D eigenvalue weighted by Gasteiger charge is 2.28. The number of benzene rings is 1. The van der Waals surface area contributed by atoms with Gasteiger partial charge in [0.25, 0.3) is 0 Å². The van der Waals surface area contributed by atoms with Crippen molar-refractivity contribution in [1.29, 1.82) is 0 Å². The summed E-state index contributed by atoms with van der Waals surface area (Å²) in [6.07, 6.45) is -0.0977. The largest absolute Gasteiger partial charge is 0.431 e. The van der Waals surface area contributed by atoms with Gasteiger partial charge < -0.3 is 9.26 Å². The summed E-state index contributed by atoms with van der Waals surface area (Å²) in [5, 5.41) is 2.70. The van der Waals surface area contributed by atoms with Crippen molar-refractivity contribution in [2.45, 2.75) is 19.9 Å². The van der Waals surface area contributed by atoms with Crippen LogP contribution in [0.3, 0.4) is 0 Å². The van der Waals surface area contributed by atoms with Gasteiger partial charge in [-0.2, -0.15) is 0 Å². The molecule has 0 saturated carbocycles. The second-order valence-corrected chi connectivity index (χ2v) is 6.00. The van der Waals surface area contributed by atoms with E-state index >= 15 is 0 Å². The molecule has 0 heterocycles. The number of rotatable bonds is 7. The molecule has 0 bridgehead atoms. The van der Waals surface area contributed by atoms with Crippen LogP contribution in [0.2, 0.25) is 0 Å². The summed E-state index contributed by atoms with van der Waals surface area (Å²) in [4.78, 5) is 11.2. The van der Waals surface area contributed by atoms with Gasteiger partial charge in [-0.15, -0.1) is 0 Å². The molecule has 0 aliphatic rings. The first-order valence-electron chi connectivity index (χ1n) is 5.58. The molecule has 5 nitrogen and oxygen atoms in total. The number of carbonyl (C=O) groups excluding carboxylic acids is 1. The zero-order valence-corrected chi connectivity index (χ0v) is 11.6. The molecule has 0 aliphatic heterocycles. The van der Waals surface area contributed by atoms with Gasteiger partial charge in [0.15, 0.2) is 0 Å². The molecule has 1 rings (SSSR count). The average Bonchev–Trinajstić information content (AvgIpc) is 2.29. The Morgan fingerprint density at radius 3 is 2.50 bits per heavy atom. The zero-order valence-electron chi connectivity index (χ0n) is 10.8. The highest BCUT2D eigenvalue weighted by Crippen LogP contribution is 2.43. The van der Waals surface area contributed by atoms with Crippen LogP contribution in [0.1, 0.15) is 13.8 Å². The second kappa shape index (κ2) is 6.69. The lowest BCUT2D eigenvalue weighted by atomic mass is 10.3. The van der Waals surface area contributed by atoms with Gasteiger partial charge >= 0.3 is 7.52 Å². The van der Waals surface area contributed by atoms with E-state index in [1.807, 2.05) is 6.07 Å². The fourth-order valence-corrected chi connectivity index (χ4v) is 3.05. The van der Waals surface area contributed by atoms with Crippen molar-refractivity contribution in [2.24, 2.45) is 0 Å². The summed E-state index contributed by atoms with van der Waals surface area (Å²) in [5.41, 5.74) is 0. The molecule has 6 heteroatoms. The molecule has 1 aromatic carbocycles. The first-order chi connectivity index (χ1) is 8.47. The van der Waals surface area contributed by atoms with Gasteiger partial charge in [-0.1, -0.05) is 18.2 Å². The van der Waals surface area contributed by atoms with E-state index < -0.39 is 13.6 Å². The Morgan fingerprint density at radius 2 is 2.00 bits per heavy atom. The van der Waals surface area contributed by atoms with Gasteiger partial charge in [0.05, 0.1) is 6.04 Å². The number of hydrogen-bond donors (Lipinski definition) is 1. The Labute approximate surface area is 107 Å². The van der Waals surface area contributed by atoms with E-state index in [-0.39, 0.29) is 12.1 Å². The molecular weight excluding hydrogens is 253 g/mol. The summed E-state index contributed by atoms with van der Waals surface area (Å²) in [5.74, 6) is 0.365. The first kappa shape index (κ1) is 14.9. The number of methoxy groups -OCH3 is 1. The summed E-state index contributed by atoms with van der Waals surface area (Å²) < 4.78 is 22.8. The van der Waals surface area contributed by atoms with E-state index in [0.717, 1.165) is 0 Å². The summed E-state index contributed by atoms with van der Waals surface area (Å²) >= 11 is 0. The minimum absolute atomic E-state index is 0.0977. The number of ether oxygens (including phenoxy) is 1. The molecule has 18 heavy (non-hydrogen) atoms. The van der Waals surface area contributed by atoms with Crippen LogP contribution in [-0.2, 0) is 14.1 Å². The predicted octanol–water partition coefficient (Wildman–Crippen LogP) is 2.43. The SMILES string of the molecule is COCP(=O)(N[C@@H](C)C(C)=O)Oc1ccccc1. The lowest BCUT2D eigenvalue weighted by Crippen LogP contribution is -2.32. The summed E-state index contributed by atoms with van der Waals surface area (Å²) in [7, 11) is -1.81. The van der Waals surface area contributed by atoms with Gasteiger partial charge in [0.2, 0.25) is 0 Å². The average molecular weight is 271 g/mol. The van der Waals surface area contributed by atoms with Crippen LogP contribution in [0.25, 0.3) is 0 Å². The summed E-state index contributed by atoms with van der Waals surface area (Å²) in [6.45, 7) is 3.07.